The van der Waals surface area contributed by atoms with Crippen molar-refractivity contribution in [1.29, 1.82) is 5.41 Å². The van der Waals surface area contributed by atoms with E-state index in [0.717, 1.165) is 29.3 Å². The Balaban J connectivity index is 2.04. The molecule has 0 aliphatic heterocycles. The van der Waals surface area contributed by atoms with Crippen molar-refractivity contribution in [3.8, 4) is 0 Å². The van der Waals surface area contributed by atoms with E-state index in [0.29, 0.717) is 12.5 Å². The molecule has 0 aliphatic carbocycles. The summed E-state index contributed by atoms with van der Waals surface area (Å²) in [6.07, 6.45) is 3.62. The van der Waals surface area contributed by atoms with Gasteiger partial charge in [0, 0.05) is 23.0 Å². The second kappa shape index (κ2) is 5.73. The van der Waals surface area contributed by atoms with E-state index in [4.69, 9.17) is 21.7 Å². The topological polar surface area (TPSA) is 48.9 Å². The molecule has 0 bridgehead atoms. The molecule has 1 aromatic carbocycles. The Kier molecular flexibility index (Phi) is 4.04. The fourth-order valence-electron chi connectivity index (χ4n) is 1.71. The number of ether oxygens (including phenoxy) is 1. The molecule has 0 spiro atoms. The van der Waals surface area contributed by atoms with Gasteiger partial charge in [0.05, 0.1) is 12.2 Å². The number of fused-ring (bicyclic) bond motifs is 1. The first-order valence-electron chi connectivity index (χ1n) is 5.66. The lowest BCUT2D eigenvalue weighted by Crippen LogP contribution is -2.06. The van der Waals surface area contributed by atoms with Crippen LogP contribution in [0.15, 0.2) is 30.5 Å². The minimum absolute atomic E-state index is 0.219. The Hall–Kier alpha value is -1.48. The van der Waals surface area contributed by atoms with Crippen molar-refractivity contribution in [3.63, 3.8) is 0 Å². The van der Waals surface area contributed by atoms with Gasteiger partial charge in [-0.2, -0.15) is 0 Å². The van der Waals surface area contributed by atoms with Crippen LogP contribution in [-0.4, -0.2) is 23.4 Å². The summed E-state index contributed by atoms with van der Waals surface area (Å²) in [4.78, 5) is 3.13. The zero-order chi connectivity index (χ0) is 12.1. The summed E-state index contributed by atoms with van der Waals surface area (Å²) >= 11 is 5.58. The van der Waals surface area contributed by atoms with Gasteiger partial charge >= 0.3 is 0 Å². The Bertz CT molecular complexity index is 507. The fourth-order valence-corrected chi connectivity index (χ4v) is 1.90. The maximum Gasteiger partial charge on any atom is 0.215 e. The predicted molar refractivity (Wildman–Crippen MR) is 71.0 cm³/mol. The predicted octanol–water partition coefficient (Wildman–Crippen LogP) is 3.53. The molecule has 1 heterocycles. The number of hydrogen-bond donors (Lipinski definition) is 2. The molecule has 1 aromatic heterocycles. The third-order valence-corrected chi connectivity index (χ3v) is 2.88. The summed E-state index contributed by atoms with van der Waals surface area (Å²) in [6, 6.07) is 7.89. The minimum Gasteiger partial charge on any atom is -0.478 e. The summed E-state index contributed by atoms with van der Waals surface area (Å²) in [5, 5.41) is 8.91. The molecule has 0 atom stereocenters. The van der Waals surface area contributed by atoms with E-state index in [-0.39, 0.29) is 5.90 Å². The van der Waals surface area contributed by atoms with E-state index in [9.17, 15) is 0 Å². The summed E-state index contributed by atoms with van der Waals surface area (Å²) in [7, 11) is 0. The van der Waals surface area contributed by atoms with E-state index in [1.54, 1.807) is 0 Å². The maximum absolute atomic E-state index is 7.89. The number of alkyl halides is 1. The van der Waals surface area contributed by atoms with Crippen molar-refractivity contribution in [3.05, 3.63) is 36.0 Å². The molecule has 2 N–H and O–H groups in total. The van der Waals surface area contributed by atoms with Gasteiger partial charge in [0.15, 0.2) is 0 Å². The van der Waals surface area contributed by atoms with Crippen LogP contribution < -0.4 is 0 Å². The van der Waals surface area contributed by atoms with Crippen molar-refractivity contribution in [1.82, 2.24) is 4.98 Å². The maximum atomic E-state index is 7.89. The summed E-state index contributed by atoms with van der Waals surface area (Å²) in [5.41, 5.74) is 1.84. The van der Waals surface area contributed by atoms with Crippen molar-refractivity contribution in [2.24, 2.45) is 0 Å². The van der Waals surface area contributed by atoms with Gasteiger partial charge in [-0.3, -0.25) is 5.41 Å². The normalized spacial score (nSPS) is 10.6. The molecule has 0 saturated heterocycles. The average Bonchev–Trinajstić information content (AvgIpc) is 2.78. The first-order chi connectivity index (χ1) is 8.33. The number of H-pyrrole nitrogens is 1. The third kappa shape index (κ3) is 2.80. The number of benzene rings is 1. The van der Waals surface area contributed by atoms with Crippen molar-refractivity contribution in [2.45, 2.75) is 12.8 Å². The molecular weight excluding hydrogens is 236 g/mol. The fraction of sp³-hybridized carbons (Fsp3) is 0.308. The summed E-state index contributed by atoms with van der Waals surface area (Å²) in [5.74, 6) is 0.862. The second-order valence-electron chi connectivity index (χ2n) is 3.82. The van der Waals surface area contributed by atoms with Crippen molar-refractivity contribution in [2.75, 3.05) is 12.5 Å². The first kappa shape index (κ1) is 12.0. The van der Waals surface area contributed by atoms with E-state index >= 15 is 0 Å². The molecule has 0 amide bonds. The van der Waals surface area contributed by atoms with E-state index < -0.39 is 0 Å². The number of rotatable bonds is 5. The summed E-state index contributed by atoms with van der Waals surface area (Å²) in [6.45, 7) is 0.547. The molecule has 2 aromatic rings. The lowest BCUT2D eigenvalue weighted by molar-refractivity contribution is 0.296. The number of aromatic amines is 1. The Morgan fingerprint density at radius 2 is 2.12 bits per heavy atom. The highest BCUT2D eigenvalue weighted by molar-refractivity contribution is 6.17. The highest BCUT2D eigenvalue weighted by Gasteiger charge is 2.08. The SMILES string of the molecule is N=C(OCCCCCl)c1c[nH]c2ccccc12. The highest BCUT2D eigenvalue weighted by Crippen LogP contribution is 2.18. The van der Waals surface area contributed by atoms with Gasteiger partial charge in [0.1, 0.15) is 0 Å². The van der Waals surface area contributed by atoms with Gasteiger partial charge < -0.3 is 9.72 Å². The van der Waals surface area contributed by atoms with E-state index in [1.807, 2.05) is 30.5 Å². The van der Waals surface area contributed by atoms with Gasteiger partial charge in [0.2, 0.25) is 5.90 Å². The van der Waals surface area contributed by atoms with Crippen LogP contribution in [0.25, 0.3) is 10.9 Å². The van der Waals surface area contributed by atoms with Crippen molar-refractivity contribution >= 4 is 28.4 Å². The Labute approximate surface area is 105 Å². The van der Waals surface area contributed by atoms with Crippen LogP contribution in [0.5, 0.6) is 0 Å². The van der Waals surface area contributed by atoms with Crippen LogP contribution >= 0.6 is 11.6 Å². The third-order valence-electron chi connectivity index (χ3n) is 2.61. The number of hydrogen-bond acceptors (Lipinski definition) is 2. The largest absolute Gasteiger partial charge is 0.478 e. The standard InChI is InChI=1S/C13H15ClN2O/c14-7-3-4-8-17-13(15)11-9-16-12-6-2-1-5-10(11)12/h1-2,5-6,9,15-16H,3-4,7-8H2. The van der Waals surface area contributed by atoms with Crippen LogP contribution in [0.1, 0.15) is 18.4 Å². The zero-order valence-corrected chi connectivity index (χ0v) is 10.3. The quantitative estimate of drug-likeness (QED) is 0.363. The minimum atomic E-state index is 0.219. The molecule has 90 valence electrons. The van der Waals surface area contributed by atoms with E-state index in [2.05, 4.69) is 4.98 Å². The number of nitrogens with one attached hydrogen (secondary N) is 2. The lowest BCUT2D eigenvalue weighted by atomic mass is 10.2. The molecule has 0 unspecified atom stereocenters. The first-order valence-corrected chi connectivity index (χ1v) is 6.20. The monoisotopic (exact) mass is 250 g/mol. The van der Waals surface area contributed by atoms with Crippen LogP contribution in [0.4, 0.5) is 0 Å². The molecule has 0 fully saturated rings. The van der Waals surface area contributed by atoms with Crippen LogP contribution in [0.3, 0.4) is 0 Å². The molecule has 0 radical (unpaired) electrons. The molecule has 4 heteroatoms. The number of aromatic nitrogens is 1. The zero-order valence-electron chi connectivity index (χ0n) is 9.50. The molecule has 17 heavy (non-hydrogen) atoms. The summed E-state index contributed by atoms with van der Waals surface area (Å²) < 4.78 is 5.40. The number of para-hydroxylation sites is 1. The molecule has 2 rings (SSSR count). The van der Waals surface area contributed by atoms with Gasteiger partial charge in [-0.15, -0.1) is 11.6 Å². The Morgan fingerprint density at radius 3 is 2.94 bits per heavy atom. The van der Waals surface area contributed by atoms with Gasteiger partial charge in [-0.05, 0) is 18.9 Å². The van der Waals surface area contributed by atoms with Gasteiger partial charge in [0.25, 0.3) is 0 Å². The highest BCUT2D eigenvalue weighted by atomic mass is 35.5. The molecule has 0 saturated carbocycles. The molecule has 0 aliphatic rings. The van der Waals surface area contributed by atoms with Crippen LogP contribution in [0, 0.1) is 5.41 Å². The number of halogens is 1. The lowest BCUT2D eigenvalue weighted by Gasteiger charge is -2.05. The molecule has 3 nitrogen and oxygen atoms in total. The second-order valence-corrected chi connectivity index (χ2v) is 4.20. The smallest absolute Gasteiger partial charge is 0.215 e. The molecular formula is C13H15ClN2O. The van der Waals surface area contributed by atoms with Crippen LogP contribution in [0.2, 0.25) is 0 Å². The van der Waals surface area contributed by atoms with Gasteiger partial charge in [-0.1, -0.05) is 18.2 Å². The van der Waals surface area contributed by atoms with Crippen LogP contribution in [-0.2, 0) is 4.74 Å². The Morgan fingerprint density at radius 1 is 1.29 bits per heavy atom. The van der Waals surface area contributed by atoms with Crippen molar-refractivity contribution < 1.29 is 4.74 Å². The average molecular weight is 251 g/mol. The number of unbranched alkanes of at least 4 members (excludes halogenated alkanes) is 1. The van der Waals surface area contributed by atoms with E-state index in [1.165, 1.54) is 0 Å². The van der Waals surface area contributed by atoms with Gasteiger partial charge in [-0.25, -0.2) is 0 Å².